The second-order valence-electron chi connectivity index (χ2n) is 17.9. The maximum Gasteiger partial charge on any atom is -0.00825 e. The Labute approximate surface area is 352 Å². The van der Waals surface area contributed by atoms with E-state index in [-0.39, 0.29) is 24.1 Å². The predicted octanol–water partition coefficient (Wildman–Crippen LogP) is 11.0. The summed E-state index contributed by atoms with van der Waals surface area (Å²) in [6, 6.07) is 0.691. The Balaban J connectivity index is 1.08. The van der Waals surface area contributed by atoms with Crippen LogP contribution in [0.25, 0.3) is 0 Å². The first-order chi connectivity index (χ1) is 25.3. The number of fused-ring (bicyclic) bond motifs is 5. The summed E-state index contributed by atoms with van der Waals surface area (Å²) >= 11 is 0.622. The van der Waals surface area contributed by atoms with Gasteiger partial charge in [-0.25, -0.2) is 0 Å². The Morgan fingerprint density at radius 2 is 1.72 bits per heavy atom. The number of nitrogens with zero attached hydrogens (tertiary/aromatic N) is 1. The molecule has 9 nitrogen and oxygen atoms in total. The third-order valence-corrected chi connectivity index (χ3v) is 16.7. The predicted molar refractivity (Wildman–Crippen MR) is 206 cm³/mol. The molecule has 0 bridgehead atoms. The zero-order chi connectivity index (χ0) is 38.6. The molecule has 0 N–H and O–H groups in total. The van der Waals surface area contributed by atoms with Gasteiger partial charge in [0.1, 0.15) is 6.10 Å². The van der Waals surface area contributed by atoms with E-state index in [2.05, 4.69) is 73.1 Å². The van der Waals surface area contributed by atoms with Gasteiger partial charge in [-0.05, 0) is 104 Å². The number of esters is 1. The summed E-state index contributed by atoms with van der Waals surface area (Å²) in [5, 5.41) is 4.73. The summed E-state index contributed by atoms with van der Waals surface area (Å²) in [4.78, 5) is 22.7. The van der Waals surface area contributed by atoms with E-state index < -0.39 is 8.53 Å². The van der Waals surface area contributed by atoms with E-state index in [0.29, 0.717) is 90.4 Å². The second kappa shape index (κ2) is 22.5. The third-order valence-electron chi connectivity index (χ3n) is 13.4. The third kappa shape index (κ3) is 12.7. The molecule has 3 fully saturated rings. The minimum atomic E-state index is -1.06. The van der Waals surface area contributed by atoms with Crippen molar-refractivity contribution < 1.29 is 74.6 Å². The largest absolute Gasteiger partial charge is 0.0591 e. The summed E-state index contributed by atoms with van der Waals surface area (Å²) in [6.45, 7) is 22.5. The van der Waals surface area contributed by atoms with Crippen molar-refractivity contribution in [3.05, 3.63) is 24.0 Å². The van der Waals surface area contributed by atoms with E-state index >= 15 is 0 Å². The average molecular weight is 891 g/mol. The molecule has 0 saturated heterocycles. The van der Waals surface area contributed by atoms with Crippen molar-refractivity contribution in [3.63, 3.8) is 0 Å². The summed E-state index contributed by atoms with van der Waals surface area (Å²) in [6.07, 6.45) is 20.5. The fourth-order valence-electron chi connectivity index (χ4n) is 10.9. The van der Waals surface area contributed by atoms with Crippen LogP contribution in [0.2, 0.25) is 0 Å². The molecule has 5 unspecified atom stereocenters. The molecular formula is C42H73CeNO8P. The van der Waals surface area contributed by atoms with Gasteiger partial charge >= 0.3 is 157 Å². The minimum Gasteiger partial charge on any atom is -0.0591 e. The van der Waals surface area contributed by atoms with E-state index in [1.54, 1.807) is 11.6 Å². The number of rotatable bonds is 23. The molecule has 3 saturated carbocycles. The van der Waals surface area contributed by atoms with Gasteiger partial charge in [0.15, 0.2) is 0 Å². The molecule has 9 atom stereocenters. The van der Waals surface area contributed by atoms with Crippen LogP contribution in [-0.2, 0) is 34.3 Å². The SMILES string of the molecule is CC(C)CCC[C@H](C)C1CCC2C3CC=C4C[C@@H](OC(=O)CC/C=C\OOOCCOCCOP([O][Ce])N(C(C)C)C(C)C)CC[C@]4(C)C3CC[C@@]21C. The Kier molecular flexibility index (Phi) is 19.5. The van der Waals surface area contributed by atoms with Gasteiger partial charge in [-0.3, -0.25) is 4.79 Å². The summed E-state index contributed by atoms with van der Waals surface area (Å²) in [7, 11) is -1.06. The zero-order valence-corrected chi connectivity index (χ0v) is 38.6. The zero-order valence-electron chi connectivity index (χ0n) is 34.6. The molecule has 53 heavy (non-hydrogen) atoms. The molecule has 303 valence electrons. The van der Waals surface area contributed by atoms with Crippen LogP contribution < -0.4 is 0 Å². The Morgan fingerprint density at radius 1 is 0.962 bits per heavy atom. The van der Waals surface area contributed by atoms with Crippen molar-refractivity contribution in [2.45, 2.75) is 164 Å². The van der Waals surface area contributed by atoms with Gasteiger partial charge in [0.25, 0.3) is 0 Å². The van der Waals surface area contributed by atoms with Crippen LogP contribution in [0.4, 0.5) is 0 Å². The molecule has 0 amide bonds. The van der Waals surface area contributed by atoms with Gasteiger partial charge in [0.05, 0.1) is 0 Å². The van der Waals surface area contributed by atoms with E-state index in [1.807, 2.05) is 0 Å². The summed E-state index contributed by atoms with van der Waals surface area (Å²) < 4.78 is 25.4. The fraction of sp³-hybridized carbons (Fsp3) is 0.881. The number of ether oxygens (including phenoxy) is 2. The van der Waals surface area contributed by atoms with Gasteiger partial charge in [-0.1, -0.05) is 65.5 Å². The van der Waals surface area contributed by atoms with Crippen molar-refractivity contribution in [2.75, 3.05) is 26.4 Å². The quantitative estimate of drug-likeness (QED) is 0.0189. The van der Waals surface area contributed by atoms with Crippen LogP contribution in [0.1, 0.15) is 146 Å². The summed E-state index contributed by atoms with van der Waals surface area (Å²) in [5.74, 6) is 4.86. The normalized spacial score (nSPS) is 31.1. The van der Waals surface area contributed by atoms with Crippen LogP contribution in [0.5, 0.6) is 0 Å². The van der Waals surface area contributed by atoms with Gasteiger partial charge in [-0.2, -0.15) is 0 Å². The van der Waals surface area contributed by atoms with Gasteiger partial charge in [0.2, 0.25) is 0 Å². The minimum absolute atomic E-state index is 0.0145. The number of carbonyl (C=O) groups excluding carboxylic acids is 1. The maximum absolute atomic E-state index is 12.8. The molecule has 0 aromatic carbocycles. The molecule has 0 heterocycles. The van der Waals surface area contributed by atoms with E-state index in [4.69, 9.17) is 29.5 Å². The molecule has 4 aliphatic rings. The first kappa shape index (κ1) is 46.0. The van der Waals surface area contributed by atoms with Crippen molar-refractivity contribution in [3.8, 4) is 0 Å². The van der Waals surface area contributed by atoms with Crippen LogP contribution in [0, 0.1) is 86.6 Å². The van der Waals surface area contributed by atoms with Crippen molar-refractivity contribution in [1.82, 2.24) is 4.67 Å². The first-order valence-corrected chi connectivity index (χ1v) is 23.3. The van der Waals surface area contributed by atoms with E-state index in [9.17, 15) is 4.79 Å². The summed E-state index contributed by atoms with van der Waals surface area (Å²) in [5.41, 5.74) is 2.33. The maximum atomic E-state index is 12.8. The van der Waals surface area contributed by atoms with Crippen molar-refractivity contribution in [2.24, 2.45) is 46.3 Å². The number of allylic oxidation sites excluding steroid dienone is 2. The number of hydrogen-bond acceptors (Lipinski definition) is 9. The Morgan fingerprint density at radius 3 is 2.43 bits per heavy atom. The Bertz CT molecular complexity index is 1160. The van der Waals surface area contributed by atoms with E-state index in [1.165, 1.54) is 57.6 Å². The molecule has 4 rings (SSSR count). The van der Waals surface area contributed by atoms with Gasteiger partial charge in [0, 0.05) is 12.8 Å². The van der Waals surface area contributed by atoms with Crippen LogP contribution in [-0.4, -0.2) is 55.3 Å². The molecule has 0 aromatic rings. The monoisotopic (exact) mass is 890 g/mol. The van der Waals surface area contributed by atoms with Crippen LogP contribution >= 0.6 is 8.53 Å². The van der Waals surface area contributed by atoms with Gasteiger partial charge < -0.3 is 4.74 Å². The molecule has 4 aliphatic carbocycles. The molecule has 0 radical (unpaired) electrons. The van der Waals surface area contributed by atoms with E-state index in [0.717, 1.165) is 54.8 Å². The second-order valence-corrected chi connectivity index (χ2v) is 21.0. The first-order valence-electron chi connectivity index (χ1n) is 20.9. The molecule has 0 aliphatic heterocycles. The van der Waals surface area contributed by atoms with Crippen LogP contribution in [0.15, 0.2) is 24.0 Å². The molecule has 0 aromatic heterocycles. The molecule has 0 spiro atoms. The smallest absolute Gasteiger partial charge is 0.00825 e. The molecule has 11 heteroatoms. The number of carbonyl (C=O) groups is 1. The Hall–Kier alpha value is 0.317. The van der Waals surface area contributed by atoms with Crippen molar-refractivity contribution >= 4 is 14.5 Å². The topological polar surface area (TPSA) is 84.9 Å². The number of hydrogen-bond donors (Lipinski definition) is 0. The standard InChI is InChI=1S/C42H73NO8P.Ce/c1-30(2)13-12-14-33(7)37-18-19-38-36-17-16-34-29-35(20-22-41(34,8)39(36)21-23-42(37,38)9)50-40(44)15-10-11-24-47-51-48-27-25-46-26-28-49-52(45)43(31(3)4)32(5)6;/h11,16,24,30-33,35-39H,10,12-15,17-23,25-29H2,1-9H3;/q-1;+1/b24-11-;/t33-,35-,36?,37?,38?,39?,41-,42+,52?;/m0./s1. The van der Waals surface area contributed by atoms with Gasteiger partial charge in [-0.15, -0.1) is 0 Å². The average Bonchev–Trinajstić information content (AvgIpc) is 3.46. The van der Waals surface area contributed by atoms with Crippen LogP contribution in [0.3, 0.4) is 0 Å². The van der Waals surface area contributed by atoms with Crippen molar-refractivity contribution in [1.29, 1.82) is 0 Å². The fourth-order valence-corrected chi connectivity index (χ4v) is 13.5. The molecular weight excluding hydrogens is 818 g/mol.